The highest BCUT2D eigenvalue weighted by Gasteiger charge is 2.37. The first-order chi connectivity index (χ1) is 15.0. The Hall–Kier alpha value is -3.55. The highest BCUT2D eigenvalue weighted by atomic mass is 16.5. The molecule has 1 saturated heterocycles. The van der Waals surface area contributed by atoms with Gasteiger partial charge in [0.2, 0.25) is 5.91 Å². The van der Waals surface area contributed by atoms with E-state index >= 15 is 0 Å². The molecule has 164 valence electrons. The molecular weight excluding hydrogens is 398 g/mol. The number of urea groups is 1. The Bertz CT molecular complexity index is 912. The van der Waals surface area contributed by atoms with E-state index in [1.807, 2.05) is 24.3 Å². The van der Waals surface area contributed by atoms with E-state index in [9.17, 15) is 19.5 Å². The van der Waals surface area contributed by atoms with E-state index in [1.165, 1.54) is 4.90 Å². The number of phenols is 1. The van der Waals surface area contributed by atoms with Crippen molar-refractivity contribution in [2.45, 2.75) is 31.7 Å². The van der Waals surface area contributed by atoms with Crippen LogP contribution in [0.2, 0.25) is 0 Å². The fraction of sp³-hybridized carbons (Fsp3) is 0.348. The number of hydrogen-bond acceptors (Lipinski definition) is 5. The van der Waals surface area contributed by atoms with Crippen molar-refractivity contribution < 1.29 is 24.2 Å². The summed E-state index contributed by atoms with van der Waals surface area (Å²) < 4.78 is 5.12. The average molecular weight is 425 g/mol. The number of aromatic hydroxyl groups is 1. The van der Waals surface area contributed by atoms with E-state index in [-0.39, 0.29) is 37.0 Å². The number of amides is 4. The largest absolute Gasteiger partial charge is 0.508 e. The lowest BCUT2D eigenvalue weighted by Crippen LogP contribution is -2.34. The molecule has 0 aromatic heterocycles. The van der Waals surface area contributed by atoms with Crippen LogP contribution >= 0.6 is 0 Å². The van der Waals surface area contributed by atoms with Gasteiger partial charge in [0.05, 0.1) is 7.11 Å². The Morgan fingerprint density at radius 2 is 1.71 bits per heavy atom. The molecule has 8 heteroatoms. The van der Waals surface area contributed by atoms with Crippen molar-refractivity contribution in [1.29, 1.82) is 0 Å². The van der Waals surface area contributed by atoms with Gasteiger partial charge in [-0.1, -0.05) is 24.3 Å². The van der Waals surface area contributed by atoms with Gasteiger partial charge in [0, 0.05) is 19.5 Å². The molecule has 3 N–H and O–H groups in total. The van der Waals surface area contributed by atoms with Gasteiger partial charge in [-0.3, -0.25) is 14.5 Å². The summed E-state index contributed by atoms with van der Waals surface area (Å²) in [6.45, 7) is 0.745. The standard InChI is InChI=1S/C23H27N3O5/c1-31-19-8-4-17(5-9-19)13-15-26-22(29)20(25-23(26)30)10-11-21(28)24-14-12-16-2-6-18(27)7-3-16/h2-9,20,27H,10-15H2,1H3,(H,24,28)(H,25,30). The minimum Gasteiger partial charge on any atom is -0.508 e. The van der Waals surface area contributed by atoms with Gasteiger partial charge in [0.25, 0.3) is 5.91 Å². The summed E-state index contributed by atoms with van der Waals surface area (Å²) in [6, 6.07) is 13.2. The summed E-state index contributed by atoms with van der Waals surface area (Å²) in [7, 11) is 1.60. The number of carbonyl (C=O) groups is 3. The third-order valence-corrected chi connectivity index (χ3v) is 5.22. The van der Waals surface area contributed by atoms with Crippen LogP contribution in [0.4, 0.5) is 4.79 Å². The number of nitrogens with one attached hydrogen (secondary N) is 2. The molecule has 1 heterocycles. The predicted octanol–water partition coefficient (Wildman–Crippen LogP) is 2.00. The minimum atomic E-state index is -0.675. The number of hydrogen-bond donors (Lipinski definition) is 3. The Balaban J connectivity index is 1.39. The van der Waals surface area contributed by atoms with Crippen LogP contribution in [-0.4, -0.2) is 54.1 Å². The second kappa shape index (κ2) is 10.5. The molecule has 0 radical (unpaired) electrons. The topological polar surface area (TPSA) is 108 Å². The van der Waals surface area contributed by atoms with Gasteiger partial charge in [0.1, 0.15) is 17.5 Å². The quantitative estimate of drug-likeness (QED) is 0.505. The van der Waals surface area contributed by atoms with E-state index in [1.54, 1.807) is 31.4 Å². The summed E-state index contributed by atoms with van der Waals surface area (Å²) in [4.78, 5) is 38.0. The van der Waals surface area contributed by atoms with E-state index in [2.05, 4.69) is 10.6 Å². The summed E-state index contributed by atoms with van der Waals surface area (Å²) in [5, 5.41) is 14.8. The Morgan fingerprint density at radius 3 is 2.39 bits per heavy atom. The van der Waals surface area contributed by atoms with E-state index < -0.39 is 12.1 Å². The third-order valence-electron chi connectivity index (χ3n) is 5.22. The lowest BCUT2D eigenvalue weighted by molar-refractivity contribution is -0.127. The van der Waals surface area contributed by atoms with Crippen LogP contribution in [0.3, 0.4) is 0 Å². The second-order valence-electron chi connectivity index (χ2n) is 7.40. The lowest BCUT2D eigenvalue weighted by atomic mass is 10.1. The summed E-state index contributed by atoms with van der Waals surface area (Å²) in [6.07, 6.45) is 1.60. The van der Waals surface area contributed by atoms with Crippen LogP contribution in [0.25, 0.3) is 0 Å². The molecule has 8 nitrogen and oxygen atoms in total. The summed E-state index contributed by atoms with van der Waals surface area (Å²) >= 11 is 0. The number of imide groups is 1. The van der Waals surface area contributed by atoms with E-state index in [4.69, 9.17) is 4.74 Å². The minimum absolute atomic E-state index is 0.151. The Morgan fingerprint density at radius 1 is 1.06 bits per heavy atom. The lowest BCUT2D eigenvalue weighted by Gasteiger charge is -2.13. The molecule has 31 heavy (non-hydrogen) atoms. The van der Waals surface area contributed by atoms with Crippen LogP contribution in [0, 0.1) is 0 Å². The van der Waals surface area contributed by atoms with Crippen molar-refractivity contribution in [2.75, 3.05) is 20.2 Å². The number of nitrogens with zero attached hydrogens (tertiary/aromatic N) is 1. The maximum absolute atomic E-state index is 12.5. The van der Waals surface area contributed by atoms with Crippen molar-refractivity contribution in [2.24, 2.45) is 0 Å². The molecule has 0 spiro atoms. The van der Waals surface area contributed by atoms with Crippen molar-refractivity contribution in [1.82, 2.24) is 15.5 Å². The Labute approximate surface area is 181 Å². The zero-order valence-corrected chi connectivity index (χ0v) is 17.5. The third kappa shape index (κ3) is 6.21. The number of carbonyl (C=O) groups excluding carboxylic acids is 3. The number of benzene rings is 2. The number of methoxy groups -OCH3 is 1. The van der Waals surface area contributed by atoms with Gasteiger partial charge in [-0.05, 0) is 54.7 Å². The molecule has 0 aliphatic carbocycles. The average Bonchev–Trinajstić information content (AvgIpc) is 3.05. The fourth-order valence-electron chi connectivity index (χ4n) is 3.39. The molecule has 2 aromatic rings. The zero-order valence-electron chi connectivity index (χ0n) is 17.5. The monoisotopic (exact) mass is 425 g/mol. The van der Waals surface area contributed by atoms with Crippen LogP contribution in [0.1, 0.15) is 24.0 Å². The van der Waals surface area contributed by atoms with Crippen molar-refractivity contribution in [3.63, 3.8) is 0 Å². The van der Waals surface area contributed by atoms with E-state index in [0.717, 1.165) is 16.9 Å². The normalized spacial score (nSPS) is 15.6. The highest BCUT2D eigenvalue weighted by Crippen LogP contribution is 2.15. The van der Waals surface area contributed by atoms with Gasteiger partial charge < -0.3 is 20.5 Å². The first-order valence-corrected chi connectivity index (χ1v) is 10.3. The molecule has 0 bridgehead atoms. The molecule has 0 saturated carbocycles. The molecular formula is C23H27N3O5. The van der Waals surface area contributed by atoms with Crippen LogP contribution < -0.4 is 15.4 Å². The molecule has 1 aliphatic rings. The number of phenolic OH excluding ortho intramolecular Hbond substituents is 1. The summed E-state index contributed by atoms with van der Waals surface area (Å²) in [5.74, 6) is 0.488. The van der Waals surface area contributed by atoms with Crippen molar-refractivity contribution in [3.05, 3.63) is 59.7 Å². The fourth-order valence-corrected chi connectivity index (χ4v) is 3.39. The maximum atomic E-state index is 12.5. The molecule has 3 rings (SSSR count). The second-order valence-corrected chi connectivity index (χ2v) is 7.40. The zero-order chi connectivity index (χ0) is 22.2. The van der Waals surface area contributed by atoms with Gasteiger partial charge in [0.15, 0.2) is 0 Å². The van der Waals surface area contributed by atoms with Crippen LogP contribution in [0.5, 0.6) is 11.5 Å². The molecule has 1 fully saturated rings. The highest BCUT2D eigenvalue weighted by molar-refractivity contribution is 6.04. The SMILES string of the molecule is COc1ccc(CCN2C(=O)NC(CCC(=O)NCCc3ccc(O)cc3)C2=O)cc1. The molecule has 1 aliphatic heterocycles. The van der Waals surface area contributed by atoms with Gasteiger partial charge in [-0.15, -0.1) is 0 Å². The smallest absolute Gasteiger partial charge is 0.324 e. The van der Waals surface area contributed by atoms with Gasteiger partial charge >= 0.3 is 6.03 Å². The molecule has 2 aromatic carbocycles. The van der Waals surface area contributed by atoms with Crippen molar-refractivity contribution >= 4 is 17.8 Å². The molecule has 1 atom stereocenters. The first kappa shape index (κ1) is 22.1. The Kier molecular flexibility index (Phi) is 7.48. The van der Waals surface area contributed by atoms with E-state index in [0.29, 0.717) is 19.4 Å². The predicted molar refractivity (Wildman–Crippen MR) is 115 cm³/mol. The van der Waals surface area contributed by atoms with Gasteiger partial charge in [-0.25, -0.2) is 4.79 Å². The van der Waals surface area contributed by atoms with Gasteiger partial charge in [-0.2, -0.15) is 0 Å². The summed E-state index contributed by atoms with van der Waals surface area (Å²) in [5.41, 5.74) is 2.00. The first-order valence-electron chi connectivity index (χ1n) is 10.3. The number of ether oxygens (including phenoxy) is 1. The maximum Gasteiger partial charge on any atom is 0.324 e. The molecule has 4 amide bonds. The van der Waals surface area contributed by atoms with Crippen LogP contribution in [0.15, 0.2) is 48.5 Å². The van der Waals surface area contributed by atoms with Crippen LogP contribution in [-0.2, 0) is 22.4 Å². The molecule has 1 unspecified atom stereocenters. The van der Waals surface area contributed by atoms with Crippen molar-refractivity contribution in [3.8, 4) is 11.5 Å². The number of rotatable bonds is 10.